The summed E-state index contributed by atoms with van der Waals surface area (Å²) >= 11 is 12.9. The molecule has 3 nitrogen and oxygen atoms in total. The smallest absolute Gasteiger partial charge is 0.257 e. The van der Waals surface area contributed by atoms with E-state index in [2.05, 4.69) is 37.2 Å². The molecular formula is C15H12Br2ClNO2. The van der Waals surface area contributed by atoms with Crippen LogP contribution >= 0.6 is 43.5 Å². The number of halogens is 3. The van der Waals surface area contributed by atoms with E-state index in [9.17, 15) is 4.79 Å². The summed E-state index contributed by atoms with van der Waals surface area (Å²) < 4.78 is 6.73. The number of hydrogen-bond acceptors (Lipinski definition) is 2. The van der Waals surface area contributed by atoms with E-state index in [0.29, 0.717) is 27.4 Å². The molecule has 0 aliphatic heterocycles. The Morgan fingerprint density at radius 3 is 2.57 bits per heavy atom. The van der Waals surface area contributed by atoms with E-state index in [0.717, 1.165) is 10.0 Å². The van der Waals surface area contributed by atoms with E-state index < -0.39 is 0 Å². The summed E-state index contributed by atoms with van der Waals surface area (Å²) in [5.41, 5.74) is 1.97. The molecule has 0 atom stereocenters. The highest BCUT2D eigenvalue weighted by molar-refractivity contribution is 9.10. The van der Waals surface area contributed by atoms with Gasteiger partial charge in [0.05, 0.1) is 17.2 Å². The summed E-state index contributed by atoms with van der Waals surface area (Å²) in [6.45, 7) is 0.392. The van der Waals surface area contributed by atoms with Gasteiger partial charge in [0.1, 0.15) is 0 Å². The lowest BCUT2D eigenvalue weighted by Crippen LogP contribution is -2.14. The van der Waals surface area contributed by atoms with Gasteiger partial charge >= 0.3 is 0 Å². The Kier molecular flexibility index (Phi) is 5.81. The third kappa shape index (κ3) is 3.86. The molecule has 0 bridgehead atoms. The van der Waals surface area contributed by atoms with Crippen LogP contribution in [-0.2, 0) is 11.3 Å². The molecule has 0 saturated carbocycles. The van der Waals surface area contributed by atoms with Crippen LogP contribution in [0, 0.1) is 0 Å². The van der Waals surface area contributed by atoms with E-state index in [1.54, 1.807) is 25.3 Å². The van der Waals surface area contributed by atoms with Crippen LogP contribution in [0.5, 0.6) is 0 Å². The largest absolute Gasteiger partial charge is 0.380 e. The fraction of sp³-hybridized carbons (Fsp3) is 0.133. The van der Waals surface area contributed by atoms with Gasteiger partial charge in [0.2, 0.25) is 0 Å². The molecule has 2 rings (SSSR count). The highest BCUT2D eigenvalue weighted by Crippen LogP contribution is 2.29. The molecule has 2 aromatic rings. The Bertz CT molecular complexity index is 677. The van der Waals surface area contributed by atoms with Crippen LogP contribution < -0.4 is 5.32 Å². The molecule has 0 saturated heterocycles. The molecule has 6 heteroatoms. The zero-order valence-electron chi connectivity index (χ0n) is 11.1. The quantitative estimate of drug-likeness (QED) is 0.714. The van der Waals surface area contributed by atoms with Crippen LogP contribution in [0.25, 0.3) is 0 Å². The molecule has 0 unspecified atom stereocenters. The SMILES string of the molecule is COCc1c(Br)cccc1NC(=O)c1cccc(Br)c1Cl. The maximum atomic E-state index is 12.4. The van der Waals surface area contributed by atoms with Gasteiger partial charge in [0.15, 0.2) is 0 Å². The van der Waals surface area contributed by atoms with E-state index >= 15 is 0 Å². The highest BCUT2D eigenvalue weighted by atomic mass is 79.9. The third-order valence-electron chi connectivity index (χ3n) is 2.85. The first-order chi connectivity index (χ1) is 10.0. The summed E-state index contributed by atoms with van der Waals surface area (Å²) in [7, 11) is 1.61. The van der Waals surface area contributed by atoms with Crippen molar-refractivity contribution in [3.05, 3.63) is 61.5 Å². The predicted molar refractivity (Wildman–Crippen MR) is 92.0 cm³/mol. The predicted octanol–water partition coefficient (Wildman–Crippen LogP) is 5.26. The minimum atomic E-state index is -0.267. The number of hydrogen-bond donors (Lipinski definition) is 1. The Morgan fingerprint density at radius 2 is 1.86 bits per heavy atom. The molecule has 0 fully saturated rings. The van der Waals surface area contributed by atoms with E-state index in [1.165, 1.54) is 0 Å². The number of benzene rings is 2. The van der Waals surface area contributed by atoms with E-state index in [-0.39, 0.29) is 5.91 Å². The number of carbonyl (C=O) groups is 1. The van der Waals surface area contributed by atoms with Crippen molar-refractivity contribution in [3.63, 3.8) is 0 Å². The molecule has 0 aliphatic carbocycles. The van der Waals surface area contributed by atoms with Crippen molar-refractivity contribution in [1.29, 1.82) is 0 Å². The topological polar surface area (TPSA) is 38.3 Å². The van der Waals surface area contributed by atoms with Gasteiger partial charge in [-0.05, 0) is 40.2 Å². The summed E-state index contributed by atoms with van der Waals surface area (Å²) in [4.78, 5) is 12.4. The first kappa shape index (κ1) is 16.5. The lowest BCUT2D eigenvalue weighted by atomic mass is 10.1. The molecule has 0 aromatic heterocycles. The zero-order chi connectivity index (χ0) is 15.4. The van der Waals surface area contributed by atoms with Crippen molar-refractivity contribution in [2.45, 2.75) is 6.61 Å². The minimum Gasteiger partial charge on any atom is -0.380 e. The van der Waals surface area contributed by atoms with Crippen molar-refractivity contribution in [2.24, 2.45) is 0 Å². The Hall–Kier alpha value is -0.880. The first-order valence-corrected chi connectivity index (χ1v) is 8.02. The van der Waals surface area contributed by atoms with Crippen LogP contribution in [0.1, 0.15) is 15.9 Å². The molecule has 21 heavy (non-hydrogen) atoms. The number of ether oxygens (including phenoxy) is 1. The van der Waals surface area contributed by atoms with Crippen molar-refractivity contribution in [3.8, 4) is 0 Å². The maximum Gasteiger partial charge on any atom is 0.257 e. The van der Waals surface area contributed by atoms with Gasteiger partial charge in [0, 0.05) is 27.3 Å². The second kappa shape index (κ2) is 7.40. The Balaban J connectivity index is 2.32. The summed E-state index contributed by atoms with van der Waals surface area (Å²) in [6.07, 6.45) is 0. The van der Waals surface area contributed by atoms with Crippen molar-refractivity contribution >= 4 is 55.1 Å². The van der Waals surface area contributed by atoms with Crippen molar-refractivity contribution < 1.29 is 9.53 Å². The highest BCUT2D eigenvalue weighted by Gasteiger charge is 2.15. The number of carbonyl (C=O) groups excluding carboxylic acids is 1. The molecule has 2 aromatic carbocycles. The third-order valence-corrected chi connectivity index (χ3v) is 4.89. The van der Waals surface area contributed by atoms with Gasteiger partial charge in [-0.2, -0.15) is 0 Å². The van der Waals surface area contributed by atoms with Crippen LogP contribution in [0.2, 0.25) is 5.02 Å². The summed E-state index contributed by atoms with van der Waals surface area (Å²) in [5, 5.41) is 3.25. The van der Waals surface area contributed by atoms with Gasteiger partial charge in [-0.3, -0.25) is 4.79 Å². The molecule has 0 aliphatic rings. The molecule has 0 radical (unpaired) electrons. The molecule has 110 valence electrons. The Labute approximate surface area is 144 Å². The molecular weight excluding hydrogens is 421 g/mol. The number of anilines is 1. The van der Waals surface area contributed by atoms with Crippen LogP contribution in [0.3, 0.4) is 0 Å². The fourth-order valence-corrected chi connectivity index (χ4v) is 2.89. The lowest BCUT2D eigenvalue weighted by Gasteiger charge is -2.13. The van der Waals surface area contributed by atoms with Crippen molar-refractivity contribution in [2.75, 3.05) is 12.4 Å². The van der Waals surface area contributed by atoms with Crippen LogP contribution in [-0.4, -0.2) is 13.0 Å². The second-order valence-electron chi connectivity index (χ2n) is 4.25. The maximum absolute atomic E-state index is 12.4. The minimum absolute atomic E-state index is 0.267. The number of rotatable bonds is 4. The standard InChI is InChI=1S/C15H12Br2ClNO2/c1-21-8-10-11(16)5-3-7-13(10)19-15(20)9-4-2-6-12(17)14(9)18/h2-7H,8H2,1H3,(H,19,20). The summed E-state index contributed by atoms with van der Waals surface area (Å²) in [6, 6.07) is 10.8. The van der Waals surface area contributed by atoms with Gasteiger partial charge < -0.3 is 10.1 Å². The average molecular weight is 434 g/mol. The number of nitrogens with one attached hydrogen (secondary N) is 1. The average Bonchev–Trinajstić information content (AvgIpc) is 2.45. The normalized spacial score (nSPS) is 10.5. The van der Waals surface area contributed by atoms with Gasteiger partial charge in [-0.1, -0.05) is 39.7 Å². The fourth-order valence-electron chi connectivity index (χ4n) is 1.84. The molecule has 1 amide bonds. The second-order valence-corrected chi connectivity index (χ2v) is 6.34. The number of methoxy groups -OCH3 is 1. The van der Waals surface area contributed by atoms with E-state index in [1.807, 2.05) is 18.2 Å². The lowest BCUT2D eigenvalue weighted by molar-refractivity contribution is 0.102. The van der Waals surface area contributed by atoms with Crippen LogP contribution in [0.4, 0.5) is 5.69 Å². The van der Waals surface area contributed by atoms with Gasteiger partial charge in [-0.15, -0.1) is 0 Å². The van der Waals surface area contributed by atoms with E-state index in [4.69, 9.17) is 16.3 Å². The van der Waals surface area contributed by atoms with Gasteiger partial charge in [0.25, 0.3) is 5.91 Å². The van der Waals surface area contributed by atoms with Gasteiger partial charge in [-0.25, -0.2) is 0 Å². The number of amides is 1. The Morgan fingerprint density at radius 1 is 1.19 bits per heavy atom. The molecule has 1 N–H and O–H groups in total. The monoisotopic (exact) mass is 431 g/mol. The first-order valence-electron chi connectivity index (χ1n) is 6.06. The summed E-state index contributed by atoms with van der Waals surface area (Å²) in [5.74, 6) is -0.267. The zero-order valence-corrected chi connectivity index (χ0v) is 15.0. The van der Waals surface area contributed by atoms with Crippen molar-refractivity contribution in [1.82, 2.24) is 0 Å². The molecule has 0 spiro atoms. The van der Waals surface area contributed by atoms with Crippen LogP contribution in [0.15, 0.2) is 45.3 Å². The molecule has 0 heterocycles.